The van der Waals surface area contributed by atoms with E-state index in [2.05, 4.69) is 29.8 Å². The van der Waals surface area contributed by atoms with E-state index in [1.54, 1.807) is 11.3 Å². The predicted molar refractivity (Wildman–Crippen MR) is 89.4 cm³/mol. The summed E-state index contributed by atoms with van der Waals surface area (Å²) in [6.45, 7) is 3.63. The zero-order valence-corrected chi connectivity index (χ0v) is 14.0. The smallest absolute Gasteiger partial charge is 0.238 e. The maximum absolute atomic E-state index is 12.0. The van der Waals surface area contributed by atoms with Crippen LogP contribution >= 0.6 is 11.3 Å². The lowest BCUT2D eigenvalue weighted by Gasteiger charge is -2.23. The molecule has 118 valence electrons. The maximum Gasteiger partial charge on any atom is 0.238 e. The Kier molecular flexibility index (Phi) is 7.24. The molecule has 1 aliphatic rings. The Hall–Kier alpha value is -0.870. The number of nitrogens with one attached hydrogen (secondary N) is 1. The van der Waals surface area contributed by atoms with E-state index in [4.69, 9.17) is 0 Å². The van der Waals surface area contributed by atoms with Gasteiger partial charge in [0.1, 0.15) is 6.17 Å². The Morgan fingerprint density at radius 1 is 1.19 bits per heavy atom. The molecule has 1 amide bonds. The van der Waals surface area contributed by atoms with Crippen LogP contribution in [0.4, 0.5) is 0 Å². The lowest BCUT2D eigenvalue weighted by molar-refractivity contribution is -0.128. The second-order valence-corrected chi connectivity index (χ2v) is 6.84. The second kappa shape index (κ2) is 9.21. The number of carbonyl (C=O) groups is 1. The van der Waals surface area contributed by atoms with Crippen LogP contribution in [0.2, 0.25) is 0 Å². The highest BCUT2D eigenvalue weighted by Gasteiger charge is 2.31. The molecule has 2 heterocycles. The van der Waals surface area contributed by atoms with Crippen LogP contribution in [0.5, 0.6) is 0 Å². The van der Waals surface area contributed by atoms with Crippen LogP contribution in [0.3, 0.4) is 0 Å². The molecule has 0 radical (unpaired) electrons. The summed E-state index contributed by atoms with van der Waals surface area (Å²) in [4.78, 5) is 15.3. The van der Waals surface area contributed by atoms with Gasteiger partial charge in [0, 0.05) is 11.4 Å². The van der Waals surface area contributed by atoms with E-state index < -0.39 is 0 Å². The van der Waals surface area contributed by atoms with E-state index in [1.807, 2.05) is 4.90 Å². The van der Waals surface area contributed by atoms with Crippen molar-refractivity contribution in [2.45, 2.75) is 64.5 Å². The molecule has 1 fully saturated rings. The summed E-state index contributed by atoms with van der Waals surface area (Å²) in [6, 6.07) is 4.17. The number of thiophene rings is 1. The number of nitrogens with zero attached hydrogens (tertiary/aromatic N) is 1. The van der Waals surface area contributed by atoms with Gasteiger partial charge in [-0.1, -0.05) is 57.9 Å². The minimum Gasteiger partial charge on any atom is -0.321 e. The van der Waals surface area contributed by atoms with Crippen LogP contribution in [-0.4, -0.2) is 23.9 Å². The third-order valence-corrected chi connectivity index (χ3v) is 5.07. The van der Waals surface area contributed by atoms with E-state index in [9.17, 15) is 4.79 Å². The van der Waals surface area contributed by atoms with Gasteiger partial charge in [-0.15, -0.1) is 11.3 Å². The first-order valence-electron chi connectivity index (χ1n) is 8.39. The molecule has 0 spiro atoms. The van der Waals surface area contributed by atoms with Gasteiger partial charge in [-0.3, -0.25) is 10.1 Å². The lowest BCUT2D eigenvalue weighted by atomic mass is 10.1. The average Bonchev–Trinajstić information content (AvgIpc) is 3.12. The summed E-state index contributed by atoms with van der Waals surface area (Å²) >= 11 is 1.72. The number of hydrogen-bond donors (Lipinski definition) is 1. The molecule has 1 aliphatic heterocycles. The molecule has 2 rings (SSSR count). The first-order valence-corrected chi connectivity index (χ1v) is 9.27. The Morgan fingerprint density at radius 3 is 2.57 bits per heavy atom. The van der Waals surface area contributed by atoms with Gasteiger partial charge in [0.15, 0.2) is 0 Å². The number of unbranched alkanes of at least 4 members (excludes halogenated alkanes) is 7. The Bertz CT molecular complexity index is 405. The number of amides is 1. The van der Waals surface area contributed by atoms with Crippen molar-refractivity contribution >= 4 is 17.2 Å². The highest BCUT2D eigenvalue weighted by Crippen LogP contribution is 2.26. The molecule has 0 aliphatic carbocycles. The van der Waals surface area contributed by atoms with Crippen molar-refractivity contribution in [1.82, 2.24) is 10.2 Å². The van der Waals surface area contributed by atoms with Gasteiger partial charge in [-0.2, -0.15) is 0 Å². The largest absolute Gasteiger partial charge is 0.321 e. The minimum absolute atomic E-state index is 0.113. The Morgan fingerprint density at radius 2 is 1.90 bits per heavy atom. The Balaban J connectivity index is 1.63. The fourth-order valence-corrected chi connectivity index (χ4v) is 3.72. The molecule has 4 heteroatoms. The first kappa shape index (κ1) is 16.5. The van der Waals surface area contributed by atoms with Gasteiger partial charge in [0.2, 0.25) is 5.91 Å². The van der Waals surface area contributed by atoms with E-state index in [-0.39, 0.29) is 12.1 Å². The standard InChI is InChI=1S/C17H28N2OS/c1-2-3-4-5-6-7-8-9-12-19-16(20)14-18-17(19)15-11-10-13-21-15/h10-11,13,17-18H,2-9,12,14H2,1H3. The molecule has 1 N–H and O–H groups in total. The van der Waals surface area contributed by atoms with E-state index in [0.29, 0.717) is 6.54 Å². The van der Waals surface area contributed by atoms with Gasteiger partial charge < -0.3 is 4.90 Å². The topological polar surface area (TPSA) is 32.3 Å². The Labute approximate surface area is 132 Å². The summed E-state index contributed by atoms with van der Waals surface area (Å²) < 4.78 is 0. The zero-order valence-electron chi connectivity index (χ0n) is 13.1. The number of hydrogen-bond acceptors (Lipinski definition) is 3. The minimum atomic E-state index is 0.113. The van der Waals surface area contributed by atoms with Crippen LogP contribution in [0, 0.1) is 0 Å². The highest BCUT2D eigenvalue weighted by atomic mass is 32.1. The van der Waals surface area contributed by atoms with Gasteiger partial charge in [0.25, 0.3) is 0 Å². The fraction of sp³-hybridized carbons (Fsp3) is 0.706. The van der Waals surface area contributed by atoms with Crippen LogP contribution in [-0.2, 0) is 4.79 Å². The van der Waals surface area contributed by atoms with E-state index in [1.165, 1.54) is 49.8 Å². The summed E-state index contributed by atoms with van der Waals surface area (Å²) in [5.74, 6) is 0.247. The van der Waals surface area contributed by atoms with Crippen LogP contribution in [0.25, 0.3) is 0 Å². The van der Waals surface area contributed by atoms with Crippen molar-refractivity contribution < 1.29 is 4.79 Å². The van der Waals surface area contributed by atoms with Gasteiger partial charge in [-0.25, -0.2) is 0 Å². The molecular formula is C17H28N2OS. The monoisotopic (exact) mass is 308 g/mol. The fourth-order valence-electron chi connectivity index (χ4n) is 2.91. The van der Waals surface area contributed by atoms with E-state index in [0.717, 1.165) is 13.0 Å². The first-order chi connectivity index (χ1) is 10.3. The summed E-state index contributed by atoms with van der Waals surface area (Å²) in [5, 5.41) is 5.40. The molecule has 1 saturated heterocycles. The molecule has 1 aromatic heterocycles. The zero-order chi connectivity index (χ0) is 14.9. The molecule has 1 aromatic rings. The molecule has 0 bridgehead atoms. The van der Waals surface area contributed by atoms with Gasteiger partial charge >= 0.3 is 0 Å². The molecule has 0 aromatic carbocycles. The molecular weight excluding hydrogens is 280 g/mol. The van der Waals surface area contributed by atoms with Crippen molar-refractivity contribution in [1.29, 1.82) is 0 Å². The summed E-state index contributed by atoms with van der Waals surface area (Å²) in [7, 11) is 0. The predicted octanol–water partition coefficient (Wildman–Crippen LogP) is 4.32. The van der Waals surface area contributed by atoms with Gasteiger partial charge in [-0.05, 0) is 17.9 Å². The van der Waals surface area contributed by atoms with Crippen molar-refractivity contribution in [3.63, 3.8) is 0 Å². The van der Waals surface area contributed by atoms with Gasteiger partial charge in [0.05, 0.1) is 6.54 Å². The highest BCUT2D eigenvalue weighted by molar-refractivity contribution is 7.10. The van der Waals surface area contributed by atoms with Crippen molar-refractivity contribution in [3.8, 4) is 0 Å². The molecule has 21 heavy (non-hydrogen) atoms. The van der Waals surface area contributed by atoms with Crippen molar-refractivity contribution in [2.75, 3.05) is 13.1 Å². The average molecular weight is 308 g/mol. The molecule has 1 atom stereocenters. The molecule has 1 unspecified atom stereocenters. The molecule has 3 nitrogen and oxygen atoms in total. The third kappa shape index (κ3) is 5.11. The quantitative estimate of drug-likeness (QED) is 0.653. The number of carbonyl (C=O) groups excluding carboxylic acids is 1. The van der Waals surface area contributed by atoms with Crippen LogP contribution < -0.4 is 5.32 Å². The van der Waals surface area contributed by atoms with Crippen molar-refractivity contribution in [3.05, 3.63) is 22.4 Å². The SMILES string of the molecule is CCCCCCCCCCN1C(=O)CNC1c1cccs1. The third-order valence-electron chi connectivity index (χ3n) is 4.14. The van der Waals surface area contributed by atoms with Crippen LogP contribution in [0.1, 0.15) is 69.3 Å². The summed E-state index contributed by atoms with van der Waals surface area (Å²) in [6.07, 6.45) is 10.6. The summed E-state index contributed by atoms with van der Waals surface area (Å²) in [5.41, 5.74) is 0. The maximum atomic E-state index is 12.0. The van der Waals surface area contributed by atoms with E-state index >= 15 is 0 Å². The van der Waals surface area contributed by atoms with Crippen molar-refractivity contribution in [2.24, 2.45) is 0 Å². The number of rotatable bonds is 10. The molecule has 0 saturated carbocycles. The van der Waals surface area contributed by atoms with Crippen LogP contribution in [0.15, 0.2) is 17.5 Å². The second-order valence-electron chi connectivity index (χ2n) is 5.86. The normalized spacial score (nSPS) is 18.6. The lowest BCUT2D eigenvalue weighted by Crippen LogP contribution is -2.30.